The molecule has 0 atom stereocenters. The van der Waals surface area contributed by atoms with Gasteiger partial charge in [-0.05, 0) is 17.7 Å². The van der Waals surface area contributed by atoms with E-state index in [-0.39, 0.29) is 30.7 Å². The van der Waals surface area contributed by atoms with Crippen LogP contribution in [0.15, 0.2) is 48.7 Å². The normalized spacial score (nSPS) is 10.2. The van der Waals surface area contributed by atoms with Crippen LogP contribution in [0.1, 0.15) is 16.8 Å². The Bertz CT molecular complexity index is 762. The summed E-state index contributed by atoms with van der Waals surface area (Å²) in [6, 6.07) is 12.8. The van der Waals surface area contributed by atoms with Crippen LogP contribution in [0.3, 0.4) is 0 Å². The Hall–Kier alpha value is -3.26. The van der Waals surface area contributed by atoms with E-state index in [0.29, 0.717) is 25.1 Å². The fourth-order valence-corrected chi connectivity index (χ4v) is 2.30. The summed E-state index contributed by atoms with van der Waals surface area (Å²) in [6.45, 7) is 1.02. The highest BCUT2D eigenvalue weighted by Gasteiger charge is 2.05. The Balaban J connectivity index is 1.57. The van der Waals surface area contributed by atoms with Crippen molar-refractivity contribution < 1.29 is 9.59 Å². The maximum Gasteiger partial charge on any atom is 0.239 e. The third kappa shape index (κ3) is 7.66. The number of amides is 2. The number of benzene rings is 1. The Labute approximate surface area is 158 Å². The van der Waals surface area contributed by atoms with Crippen LogP contribution in [0.4, 0.5) is 0 Å². The molecule has 0 bridgehead atoms. The van der Waals surface area contributed by atoms with E-state index < -0.39 is 0 Å². The molecule has 8 heteroatoms. The molecule has 0 saturated carbocycles. The van der Waals surface area contributed by atoms with Crippen molar-refractivity contribution in [2.45, 2.75) is 13.0 Å². The molecule has 1 aromatic heterocycles. The lowest BCUT2D eigenvalue weighted by Crippen LogP contribution is -2.41. The number of nitrogen functional groups attached to an aromatic ring is 1. The number of hydrogen-bond acceptors (Lipinski definition) is 5. The SMILES string of the molecule is N=C(N)c1ccc(CNCC(=O)NCC(=O)NCCc2ccccn2)cc1. The highest BCUT2D eigenvalue weighted by molar-refractivity contribution is 5.94. The Morgan fingerprint density at radius 2 is 1.74 bits per heavy atom. The molecule has 2 aromatic rings. The van der Waals surface area contributed by atoms with Crippen molar-refractivity contribution in [1.82, 2.24) is 20.9 Å². The second-order valence-corrected chi connectivity index (χ2v) is 5.91. The summed E-state index contributed by atoms with van der Waals surface area (Å²) in [6.07, 6.45) is 2.35. The number of hydrogen-bond donors (Lipinski definition) is 5. The molecule has 142 valence electrons. The second-order valence-electron chi connectivity index (χ2n) is 5.91. The van der Waals surface area contributed by atoms with Crippen LogP contribution in [0.5, 0.6) is 0 Å². The Morgan fingerprint density at radius 3 is 2.41 bits per heavy atom. The van der Waals surface area contributed by atoms with Crippen LogP contribution >= 0.6 is 0 Å². The highest BCUT2D eigenvalue weighted by atomic mass is 16.2. The lowest BCUT2D eigenvalue weighted by atomic mass is 10.1. The average Bonchev–Trinajstić information content (AvgIpc) is 2.67. The van der Waals surface area contributed by atoms with Crippen molar-refractivity contribution in [3.8, 4) is 0 Å². The molecule has 2 amide bonds. The minimum Gasteiger partial charge on any atom is -0.384 e. The van der Waals surface area contributed by atoms with Gasteiger partial charge < -0.3 is 21.7 Å². The first kappa shape index (κ1) is 20.1. The summed E-state index contributed by atoms with van der Waals surface area (Å²) >= 11 is 0. The molecule has 0 spiro atoms. The number of amidine groups is 1. The molecule has 1 aromatic carbocycles. The van der Waals surface area contributed by atoms with Crippen LogP contribution in [-0.4, -0.2) is 42.3 Å². The first-order valence-electron chi connectivity index (χ1n) is 8.62. The predicted molar refractivity (Wildman–Crippen MR) is 103 cm³/mol. The molecule has 6 N–H and O–H groups in total. The lowest BCUT2D eigenvalue weighted by molar-refractivity contribution is -0.125. The maximum atomic E-state index is 11.8. The third-order valence-electron chi connectivity index (χ3n) is 3.76. The van der Waals surface area contributed by atoms with Gasteiger partial charge in [0.05, 0.1) is 13.1 Å². The van der Waals surface area contributed by atoms with E-state index in [1.165, 1.54) is 0 Å². The fraction of sp³-hybridized carbons (Fsp3) is 0.263. The van der Waals surface area contributed by atoms with Crippen LogP contribution in [0.25, 0.3) is 0 Å². The zero-order valence-electron chi connectivity index (χ0n) is 15.0. The van der Waals surface area contributed by atoms with Gasteiger partial charge in [-0.3, -0.25) is 20.0 Å². The maximum absolute atomic E-state index is 11.8. The third-order valence-corrected chi connectivity index (χ3v) is 3.76. The summed E-state index contributed by atoms with van der Waals surface area (Å²) in [5.41, 5.74) is 7.94. The van der Waals surface area contributed by atoms with Gasteiger partial charge in [0.15, 0.2) is 0 Å². The van der Waals surface area contributed by atoms with E-state index in [2.05, 4.69) is 20.9 Å². The quantitative estimate of drug-likeness (QED) is 0.296. The number of aromatic nitrogens is 1. The molecule has 2 rings (SSSR count). The second kappa shape index (κ2) is 10.7. The van der Waals surface area contributed by atoms with Crippen molar-refractivity contribution in [1.29, 1.82) is 5.41 Å². The first-order valence-corrected chi connectivity index (χ1v) is 8.62. The van der Waals surface area contributed by atoms with E-state index in [1.807, 2.05) is 30.3 Å². The molecular weight excluding hydrogens is 344 g/mol. The van der Waals surface area contributed by atoms with E-state index >= 15 is 0 Å². The number of nitrogens with two attached hydrogens (primary N) is 1. The first-order chi connectivity index (χ1) is 13.0. The highest BCUT2D eigenvalue weighted by Crippen LogP contribution is 2.03. The van der Waals surface area contributed by atoms with Crippen molar-refractivity contribution in [2.24, 2.45) is 5.73 Å². The van der Waals surface area contributed by atoms with Gasteiger partial charge in [0, 0.05) is 37.0 Å². The van der Waals surface area contributed by atoms with Crippen molar-refractivity contribution in [2.75, 3.05) is 19.6 Å². The summed E-state index contributed by atoms with van der Waals surface area (Å²) in [5, 5.41) is 15.7. The minimum absolute atomic E-state index is 0.0206. The van der Waals surface area contributed by atoms with E-state index in [9.17, 15) is 9.59 Å². The fourth-order valence-electron chi connectivity index (χ4n) is 2.30. The van der Waals surface area contributed by atoms with Crippen molar-refractivity contribution in [3.63, 3.8) is 0 Å². The molecule has 0 radical (unpaired) electrons. The number of nitrogens with zero attached hydrogens (tertiary/aromatic N) is 1. The van der Waals surface area contributed by atoms with Gasteiger partial charge in [-0.2, -0.15) is 0 Å². The molecule has 0 aliphatic carbocycles. The molecule has 0 saturated heterocycles. The van der Waals surface area contributed by atoms with Crippen molar-refractivity contribution in [3.05, 3.63) is 65.5 Å². The minimum atomic E-state index is -0.254. The zero-order valence-corrected chi connectivity index (χ0v) is 15.0. The number of carbonyl (C=O) groups excluding carboxylic acids is 2. The Kier molecular flexibility index (Phi) is 7.92. The number of rotatable bonds is 10. The molecule has 0 aliphatic rings. The van der Waals surface area contributed by atoms with E-state index in [4.69, 9.17) is 11.1 Å². The molecule has 0 fully saturated rings. The van der Waals surface area contributed by atoms with E-state index in [0.717, 1.165) is 11.3 Å². The van der Waals surface area contributed by atoms with Gasteiger partial charge in [0.2, 0.25) is 11.8 Å². The van der Waals surface area contributed by atoms with Crippen LogP contribution in [0, 0.1) is 5.41 Å². The summed E-state index contributed by atoms with van der Waals surface area (Å²) in [7, 11) is 0. The number of carbonyl (C=O) groups is 2. The molecular formula is C19H24N6O2. The summed E-state index contributed by atoms with van der Waals surface area (Å²) < 4.78 is 0. The van der Waals surface area contributed by atoms with Gasteiger partial charge in [-0.1, -0.05) is 30.3 Å². The Morgan fingerprint density at radius 1 is 1.00 bits per heavy atom. The summed E-state index contributed by atoms with van der Waals surface area (Å²) in [5.74, 6) is -0.471. The number of nitrogens with one attached hydrogen (secondary N) is 4. The topological polar surface area (TPSA) is 133 Å². The van der Waals surface area contributed by atoms with Gasteiger partial charge >= 0.3 is 0 Å². The van der Waals surface area contributed by atoms with Crippen molar-refractivity contribution >= 4 is 17.6 Å². The monoisotopic (exact) mass is 368 g/mol. The molecule has 0 unspecified atom stereocenters. The van der Waals surface area contributed by atoms with E-state index in [1.54, 1.807) is 18.3 Å². The van der Waals surface area contributed by atoms with Crippen LogP contribution in [0.2, 0.25) is 0 Å². The standard InChI is InChI=1S/C19H24N6O2/c20-19(21)15-6-4-14(5-7-15)11-22-12-17(26)25-13-18(27)24-10-8-16-3-1-2-9-23-16/h1-7,9,22H,8,10-13H2,(H3,20,21)(H,24,27)(H,25,26). The van der Waals surface area contributed by atoms with Gasteiger partial charge in [0.25, 0.3) is 0 Å². The van der Waals surface area contributed by atoms with Gasteiger partial charge in [-0.25, -0.2) is 0 Å². The van der Waals surface area contributed by atoms with Gasteiger partial charge in [-0.15, -0.1) is 0 Å². The number of pyridine rings is 1. The molecule has 1 heterocycles. The molecule has 27 heavy (non-hydrogen) atoms. The van der Waals surface area contributed by atoms with Gasteiger partial charge in [0.1, 0.15) is 5.84 Å². The smallest absolute Gasteiger partial charge is 0.239 e. The summed E-state index contributed by atoms with van der Waals surface area (Å²) in [4.78, 5) is 27.7. The molecule has 0 aliphatic heterocycles. The largest absolute Gasteiger partial charge is 0.384 e. The molecule has 8 nitrogen and oxygen atoms in total. The predicted octanol–water partition coefficient (Wildman–Crippen LogP) is -0.0696. The van der Waals surface area contributed by atoms with Crippen LogP contribution in [-0.2, 0) is 22.6 Å². The lowest BCUT2D eigenvalue weighted by Gasteiger charge is -2.08. The zero-order chi connectivity index (χ0) is 19.5. The average molecular weight is 368 g/mol. The van der Waals surface area contributed by atoms with Crippen LogP contribution < -0.4 is 21.7 Å².